The van der Waals surface area contributed by atoms with Gasteiger partial charge in [-0.2, -0.15) is 0 Å². The van der Waals surface area contributed by atoms with Gasteiger partial charge in [0.1, 0.15) is 5.75 Å². The lowest BCUT2D eigenvalue weighted by atomic mass is 9.56. The summed E-state index contributed by atoms with van der Waals surface area (Å²) in [5, 5.41) is 22.3. The average Bonchev–Trinajstić information content (AvgIpc) is 3.80. The number of ether oxygens (including phenoxy) is 1. The van der Waals surface area contributed by atoms with Crippen molar-refractivity contribution in [3.63, 3.8) is 0 Å². The molecular formula is C51H55N3O5S2. The monoisotopic (exact) mass is 853 g/mol. The zero-order valence-electron chi connectivity index (χ0n) is 34.8. The number of H-pyrrole nitrogens is 1. The minimum absolute atomic E-state index is 0.0104. The second-order valence-electron chi connectivity index (χ2n) is 18.0. The highest BCUT2D eigenvalue weighted by atomic mass is 33.1. The van der Waals surface area contributed by atoms with E-state index in [1.807, 2.05) is 64.1 Å². The Hall–Kier alpha value is -4.66. The molecular weight excluding hydrogens is 799 g/mol. The van der Waals surface area contributed by atoms with Gasteiger partial charge < -0.3 is 31.4 Å². The number of rotatable bonds is 3. The molecule has 2 heterocycles. The van der Waals surface area contributed by atoms with Gasteiger partial charge in [0.2, 0.25) is 0 Å². The van der Waals surface area contributed by atoms with Gasteiger partial charge in [0.15, 0.2) is 23.1 Å². The van der Waals surface area contributed by atoms with Gasteiger partial charge in [-0.25, -0.2) is 0 Å². The van der Waals surface area contributed by atoms with Crippen LogP contribution in [0.4, 0.5) is 0 Å². The van der Waals surface area contributed by atoms with E-state index in [9.17, 15) is 19.8 Å². The third-order valence-electron chi connectivity index (χ3n) is 14.3. The second-order valence-corrected chi connectivity index (χ2v) is 20.5. The summed E-state index contributed by atoms with van der Waals surface area (Å²) in [7, 11) is 3.74. The van der Waals surface area contributed by atoms with E-state index in [0.29, 0.717) is 66.1 Å². The third kappa shape index (κ3) is 8.23. The summed E-state index contributed by atoms with van der Waals surface area (Å²) in [6, 6.07) is 16.8. The number of benzene rings is 3. The molecule has 1 spiro atoms. The molecule has 7 N–H and O–H groups in total. The Balaban J connectivity index is 1.11. The number of aromatic nitrogens is 1. The highest BCUT2D eigenvalue weighted by Gasteiger charge is 2.62. The standard InChI is InChI=1S/C51H55N3O5S2/c1-2-4-43-34-10-11-36-27-50(43)18-15-37(55)12-7-31-9-14-46(57)48(22-31)59-20-17-32-8-13-45(56)42(21-32)41-25-47(58)38-16-19-54-44(38)6-3-5-33-23-40(49(52)53)35(24-39(33)41)28-60-61-30-51(36,26-34)29-50/h8-11,13-16,18-19,21-24,34,36,41,43,49,54,56-57H,2,4,6-7,12,17,20,25-30,52-53H2,1H3/b18-15+/t34-,36-,41+,43-,50+,51+/m1/s1. The number of hydrogen-bond acceptors (Lipinski definition) is 9. The zero-order valence-corrected chi connectivity index (χ0v) is 36.4. The van der Waals surface area contributed by atoms with E-state index in [2.05, 4.69) is 48.0 Å². The van der Waals surface area contributed by atoms with Crippen LogP contribution in [0.25, 0.3) is 0 Å². The van der Waals surface area contributed by atoms with Crippen LogP contribution in [-0.4, -0.2) is 39.1 Å². The summed E-state index contributed by atoms with van der Waals surface area (Å²) in [5.74, 6) is 9.94. The first-order chi connectivity index (χ1) is 29.5. The fraction of sp³-hybridized carbons (Fsp3) is 0.412. The van der Waals surface area contributed by atoms with Crippen molar-refractivity contribution < 1.29 is 24.5 Å². The molecule has 0 unspecified atom stereocenters. The summed E-state index contributed by atoms with van der Waals surface area (Å²) in [6.45, 7) is 2.54. The van der Waals surface area contributed by atoms with Crippen LogP contribution in [0.15, 0.2) is 85.1 Å². The number of fused-ring (bicyclic) bond motifs is 8. The van der Waals surface area contributed by atoms with Crippen LogP contribution in [0, 0.1) is 40.4 Å². The topological polar surface area (TPSA) is 152 Å². The first kappa shape index (κ1) is 41.7. The molecule has 2 saturated carbocycles. The van der Waals surface area contributed by atoms with Gasteiger partial charge in [-0.1, -0.05) is 89.3 Å². The molecule has 0 amide bonds. The first-order valence-electron chi connectivity index (χ1n) is 21.8. The molecule has 316 valence electrons. The molecule has 2 fully saturated rings. The first-order valence-corrected chi connectivity index (χ1v) is 24.3. The quantitative estimate of drug-likeness (QED) is 0.0588. The summed E-state index contributed by atoms with van der Waals surface area (Å²) < 4.78 is 6.17. The third-order valence-corrected chi connectivity index (χ3v) is 16.8. The Morgan fingerprint density at radius 2 is 1.79 bits per heavy atom. The minimum atomic E-state index is -0.732. The highest BCUT2D eigenvalue weighted by molar-refractivity contribution is 8.76. The maximum Gasteiger partial charge on any atom is 0.165 e. The molecule has 1 aliphatic heterocycles. The summed E-state index contributed by atoms with van der Waals surface area (Å²) in [4.78, 5) is 31.0. The molecule has 4 aliphatic carbocycles. The van der Waals surface area contributed by atoms with Crippen LogP contribution < -0.4 is 16.2 Å². The maximum atomic E-state index is 14.2. The van der Waals surface area contributed by atoms with E-state index in [1.54, 1.807) is 18.3 Å². The average molecular weight is 854 g/mol. The Labute approximate surface area is 366 Å². The molecule has 4 aromatic rings. The van der Waals surface area contributed by atoms with Gasteiger partial charge in [0.25, 0.3) is 0 Å². The van der Waals surface area contributed by atoms with E-state index >= 15 is 0 Å². The number of Topliss-reactive ketones (excluding diaryl/α,β-unsaturated/α-hetero) is 1. The normalized spacial score (nSPS) is 27.9. The lowest BCUT2D eigenvalue weighted by Crippen LogP contribution is -2.43. The summed E-state index contributed by atoms with van der Waals surface area (Å²) in [5.41, 5.74) is 20.4. The molecule has 61 heavy (non-hydrogen) atoms. The molecule has 3 aromatic carbocycles. The summed E-state index contributed by atoms with van der Waals surface area (Å²) in [6.07, 6.45) is 17.8. The smallest absolute Gasteiger partial charge is 0.165 e. The molecule has 9 rings (SSSR count). The molecule has 1 aromatic heterocycles. The molecule has 0 radical (unpaired) electrons. The SMILES string of the molecule is CCC[C@@H]1[C@@H]2C=C[C@@H]3C[C@]14/C=C/C(=O)CCc1ccc(O)c(c1)OCCc1ccc(O)c(c1)[C@H]1CC(=O)c5cc[nH]c5CC#Cc5cc(C(N)N)c(cc51)CSSC[C@]3(C2)C4. The van der Waals surface area contributed by atoms with Crippen LogP contribution in [0.3, 0.4) is 0 Å². The molecule has 0 saturated heterocycles. The van der Waals surface area contributed by atoms with Crippen molar-refractivity contribution in [1.29, 1.82) is 0 Å². The number of phenols is 2. The van der Waals surface area contributed by atoms with Gasteiger partial charge in [-0.15, -0.1) is 0 Å². The van der Waals surface area contributed by atoms with Gasteiger partial charge in [0.05, 0.1) is 19.2 Å². The predicted octanol–water partition coefficient (Wildman–Crippen LogP) is 9.62. The van der Waals surface area contributed by atoms with Crippen molar-refractivity contribution in [2.45, 2.75) is 89.0 Å². The van der Waals surface area contributed by atoms with Crippen molar-refractivity contribution in [1.82, 2.24) is 4.98 Å². The largest absolute Gasteiger partial charge is 0.508 e. The number of nitrogens with two attached hydrogens (primary N) is 2. The van der Waals surface area contributed by atoms with E-state index < -0.39 is 12.1 Å². The van der Waals surface area contributed by atoms with Gasteiger partial charge in [-0.3, -0.25) is 9.59 Å². The number of hydrogen-bond donors (Lipinski definition) is 5. The number of aromatic amines is 1. The van der Waals surface area contributed by atoms with E-state index in [1.165, 1.54) is 6.42 Å². The van der Waals surface area contributed by atoms with Crippen molar-refractivity contribution in [3.8, 4) is 29.1 Å². The second kappa shape index (κ2) is 17.2. The van der Waals surface area contributed by atoms with Crippen LogP contribution in [0.1, 0.15) is 119 Å². The van der Waals surface area contributed by atoms with E-state index in [-0.39, 0.29) is 46.9 Å². The van der Waals surface area contributed by atoms with Crippen molar-refractivity contribution in [2.24, 2.45) is 40.1 Å². The zero-order chi connectivity index (χ0) is 42.3. The molecule has 9 bridgehead atoms. The Kier molecular flexibility index (Phi) is 11.8. The van der Waals surface area contributed by atoms with Crippen LogP contribution in [0.2, 0.25) is 0 Å². The fourth-order valence-electron chi connectivity index (χ4n) is 11.3. The molecule has 6 atom stereocenters. The molecule has 5 aliphatic rings. The van der Waals surface area contributed by atoms with E-state index in [4.69, 9.17) is 16.2 Å². The van der Waals surface area contributed by atoms with Gasteiger partial charge in [-0.05, 0) is 125 Å². The molecule has 10 heteroatoms. The Morgan fingerprint density at radius 3 is 2.62 bits per heavy atom. The fourth-order valence-corrected chi connectivity index (χ4v) is 14.1. The van der Waals surface area contributed by atoms with Crippen LogP contribution in [-0.2, 0) is 29.8 Å². The number of carbonyl (C=O) groups is 2. The predicted molar refractivity (Wildman–Crippen MR) is 245 cm³/mol. The Bertz CT molecular complexity index is 2480. The maximum absolute atomic E-state index is 14.2. The number of aromatic hydroxyl groups is 2. The van der Waals surface area contributed by atoms with Crippen molar-refractivity contribution in [3.05, 3.63) is 135 Å². The van der Waals surface area contributed by atoms with Gasteiger partial charge in [0, 0.05) is 65.3 Å². The lowest BCUT2D eigenvalue weighted by molar-refractivity contribution is -0.114. The highest BCUT2D eigenvalue weighted by Crippen LogP contribution is 2.70. The number of allylic oxidation sites excluding steroid dienone is 4. The number of carbonyl (C=O) groups excluding carboxylic acids is 2. The van der Waals surface area contributed by atoms with Crippen molar-refractivity contribution in [2.75, 3.05) is 12.4 Å². The number of ketones is 2. The van der Waals surface area contributed by atoms with Crippen LogP contribution >= 0.6 is 21.6 Å². The lowest BCUT2D eigenvalue weighted by Gasteiger charge is -2.50. The van der Waals surface area contributed by atoms with Crippen molar-refractivity contribution >= 4 is 33.2 Å². The number of aryl methyl sites for hydroxylation is 1. The van der Waals surface area contributed by atoms with Crippen LogP contribution in [0.5, 0.6) is 17.2 Å². The molecule has 8 nitrogen and oxygen atoms in total. The Morgan fingerprint density at radius 1 is 0.951 bits per heavy atom. The minimum Gasteiger partial charge on any atom is -0.508 e. The van der Waals surface area contributed by atoms with E-state index in [0.717, 1.165) is 70.5 Å². The van der Waals surface area contributed by atoms with Gasteiger partial charge >= 0.3 is 0 Å². The summed E-state index contributed by atoms with van der Waals surface area (Å²) >= 11 is 0. The number of phenolic OH excluding ortho intramolecular Hbond substituents is 2. The number of nitrogens with one attached hydrogen (secondary N) is 1.